The van der Waals surface area contributed by atoms with Gasteiger partial charge in [-0.2, -0.15) is 11.8 Å². The first-order valence-electron chi connectivity index (χ1n) is 4.77. The van der Waals surface area contributed by atoms with Gasteiger partial charge in [-0.3, -0.25) is 0 Å². The highest BCUT2D eigenvalue weighted by Crippen LogP contribution is 2.21. The average Bonchev–Trinajstić information content (AvgIpc) is 2.53. The van der Waals surface area contributed by atoms with Crippen molar-refractivity contribution < 1.29 is 8.42 Å². The van der Waals surface area contributed by atoms with Crippen molar-refractivity contribution in [2.24, 2.45) is 5.14 Å². The lowest BCUT2D eigenvalue weighted by Gasteiger charge is -2.22. The van der Waals surface area contributed by atoms with E-state index < -0.39 is 10.0 Å². The maximum Gasteiger partial charge on any atom is 0.209 e. The van der Waals surface area contributed by atoms with Crippen molar-refractivity contribution in [3.63, 3.8) is 0 Å². The Morgan fingerprint density at radius 2 is 2.29 bits per heavy atom. The highest BCUT2D eigenvalue weighted by atomic mass is 32.2. The normalized spacial score (nSPS) is 23.2. The lowest BCUT2D eigenvalue weighted by atomic mass is 10.2. The molecule has 1 rings (SSSR count). The number of nitrogens with two attached hydrogens (primary N) is 1. The molecule has 0 spiro atoms. The highest BCUT2D eigenvalue weighted by molar-refractivity contribution is 7.99. The van der Waals surface area contributed by atoms with E-state index in [1.54, 1.807) is 0 Å². The third-order valence-corrected chi connectivity index (χ3v) is 4.47. The van der Waals surface area contributed by atoms with Gasteiger partial charge in [-0.05, 0) is 32.2 Å². The van der Waals surface area contributed by atoms with Crippen LogP contribution < -0.4 is 5.14 Å². The van der Waals surface area contributed by atoms with E-state index in [4.69, 9.17) is 5.14 Å². The van der Waals surface area contributed by atoms with E-state index >= 15 is 0 Å². The maximum atomic E-state index is 10.7. The molecular formula is C8H18N2O2S2. The molecule has 0 aromatic carbocycles. The molecule has 4 nitrogen and oxygen atoms in total. The van der Waals surface area contributed by atoms with Gasteiger partial charge in [-0.25, -0.2) is 13.6 Å². The second kappa shape index (κ2) is 5.34. The number of sulfonamides is 1. The Morgan fingerprint density at radius 3 is 2.79 bits per heavy atom. The van der Waals surface area contributed by atoms with E-state index in [-0.39, 0.29) is 5.75 Å². The van der Waals surface area contributed by atoms with Gasteiger partial charge in [0.25, 0.3) is 0 Å². The topological polar surface area (TPSA) is 63.4 Å². The molecule has 1 saturated heterocycles. The van der Waals surface area contributed by atoms with Crippen LogP contribution >= 0.6 is 11.8 Å². The fraction of sp³-hybridized carbons (Fsp3) is 1.00. The summed E-state index contributed by atoms with van der Waals surface area (Å²) in [6, 6.07) is 0.625. The number of hydrogen-bond acceptors (Lipinski definition) is 4. The number of rotatable bonds is 5. The molecule has 14 heavy (non-hydrogen) atoms. The van der Waals surface area contributed by atoms with Crippen LogP contribution in [-0.4, -0.2) is 50.2 Å². The number of primary sulfonamides is 1. The van der Waals surface area contributed by atoms with E-state index in [9.17, 15) is 8.42 Å². The molecule has 0 aromatic rings. The van der Waals surface area contributed by atoms with E-state index in [1.807, 2.05) is 11.8 Å². The smallest absolute Gasteiger partial charge is 0.209 e. The second-order valence-corrected chi connectivity index (χ2v) is 6.60. The zero-order chi connectivity index (χ0) is 10.6. The predicted molar refractivity (Wildman–Crippen MR) is 61.0 cm³/mol. The Balaban J connectivity index is 2.17. The van der Waals surface area contributed by atoms with Crippen LogP contribution in [-0.2, 0) is 10.0 Å². The SMILES string of the molecule is CN(CCCS(N)(=O)=O)C1CCSC1. The monoisotopic (exact) mass is 238 g/mol. The summed E-state index contributed by atoms with van der Waals surface area (Å²) < 4.78 is 21.4. The van der Waals surface area contributed by atoms with Crippen LogP contribution in [0.4, 0.5) is 0 Å². The first-order chi connectivity index (χ1) is 6.49. The summed E-state index contributed by atoms with van der Waals surface area (Å²) >= 11 is 1.96. The Kier molecular flexibility index (Phi) is 4.69. The van der Waals surface area contributed by atoms with Crippen molar-refractivity contribution >= 4 is 21.8 Å². The van der Waals surface area contributed by atoms with Crippen LogP contribution in [0.5, 0.6) is 0 Å². The van der Waals surface area contributed by atoms with Gasteiger partial charge in [0.15, 0.2) is 0 Å². The van der Waals surface area contributed by atoms with Crippen molar-refractivity contribution in [3.8, 4) is 0 Å². The summed E-state index contributed by atoms with van der Waals surface area (Å²) in [5.74, 6) is 2.49. The lowest BCUT2D eigenvalue weighted by molar-refractivity contribution is 0.263. The molecular weight excluding hydrogens is 220 g/mol. The van der Waals surface area contributed by atoms with Crippen molar-refractivity contribution in [3.05, 3.63) is 0 Å². The van der Waals surface area contributed by atoms with Crippen LogP contribution in [0.1, 0.15) is 12.8 Å². The second-order valence-electron chi connectivity index (χ2n) is 3.72. The van der Waals surface area contributed by atoms with Gasteiger partial charge in [0, 0.05) is 11.8 Å². The largest absolute Gasteiger partial charge is 0.303 e. The fourth-order valence-corrected chi connectivity index (χ4v) is 3.40. The minimum atomic E-state index is -3.28. The Hall–Kier alpha value is 0.220. The third kappa shape index (κ3) is 4.63. The molecule has 1 atom stereocenters. The molecule has 1 aliphatic heterocycles. The zero-order valence-corrected chi connectivity index (χ0v) is 10.1. The van der Waals surface area contributed by atoms with E-state index in [0.717, 1.165) is 6.54 Å². The summed E-state index contributed by atoms with van der Waals surface area (Å²) in [4.78, 5) is 2.24. The molecule has 1 unspecified atom stereocenters. The molecule has 0 bridgehead atoms. The minimum Gasteiger partial charge on any atom is -0.303 e. The molecule has 84 valence electrons. The molecule has 0 radical (unpaired) electrons. The first kappa shape index (κ1) is 12.3. The van der Waals surface area contributed by atoms with E-state index in [0.29, 0.717) is 12.5 Å². The summed E-state index contributed by atoms with van der Waals surface area (Å²) in [5, 5.41) is 4.92. The average molecular weight is 238 g/mol. The molecule has 2 N–H and O–H groups in total. The van der Waals surface area contributed by atoms with Gasteiger partial charge in [0.1, 0.15) is 0 Å². The van der Waals surface area contributed by atoms with Crippen molar-refractivity contribution in [1.29, 1.82) is 0 Å². The van der Waals surface area contributed by atoms with Crippen LogP contribution in [0, 0.1) is 0 Å². The number of nitrogens with zero attached hydrogens (tertiary/aromatic N) is 1. The predicted octanol–water partition coefficient (Wildman–Crippen LogP) is 0.102. The van der Waals surface area contributed by atoms with Crippen LogP contribution in [0.3, 0.4) is 0 Å². The van der Waals surface area contributed by atoms with Crippen molar-refractivity contribution in [2.45, 2.75) is 18.9 Å². The molecule has 1 aliphatic rings. The molecule has 0 amide bonds. The third-order valence-electron chi connectivity index (χ3n) is 2.47. The number of hydrogen-bond donors (Lipinski definition) is 1. The molecule has 0 saturated carbocycles. The van der Waals surface area contributed by atoms with Crippen molar-refractivity contribution in [2.75, 3.05) is 30.9 Å². The van der Waals surface area contributed by atoms with Crippen LogP contribution in [0.15, 0.2) is 0 Å². The van der Waals surface area contributed by atoms with Gasteiger partial charge >= 0.3 is 0 Å². The minimum absolute atomic E-state index is 0.0944. The van der Waals surface area contributed by atoms with Gasteiger partial charge in [0.05, 0.1) is 5.75 Å². The Labute approximate surface area is 90.3 Å². The van der Waals surface area contributed by atoms with Gasteiger partial charge in [-0.1, -0.05) is 0 Å². The molecule has 1 heterocycles. The summed E-state index contributed by atoms with van der Waals surface area (Å²) in [7, 11) is -1.22. The van der Waals surface area contributed by atoms with Crippen molar-refractivity contribution in [1.82, 2.24) is 4.90 Å². The molecule has 6 heteroatoms. The maximum absolute atomic E-state index is 10.7. The highest BCUT2D eigenvalue weighted by Gasteiger charge is 2.19. The standard InChI is InChI=1S/C8H18N2O2S2/c1-10(8-3-5-13-7-8)4-2-6-14(9,11)12/h8H,2-7H2,1H3,(H2,9,11,12). The van der Waals surface area contributed by atoms with E-state index in [1.165, 1.54) is 17.9 Å². The van der Waals surface area contributed by atoms with Gasteiger partial charge in [0.2, 0.25) is 10.0 Å². The summed E-state index contributed by atoms with van der Waals surface area (Å²) in [5.41, 5.74) is 0. The molecule has 0 aliphatic carbocycles. The zero-order valence-electron chi connectivity index (χ0n) is 8.48. The first-order valence-corrected chi connectivity index (χ1v) is 7.64. The van der Waals surface area contributed by atoms with Gasteiger partial charge < -0.3 is 4.90 Å². The van der Waals surface area contributed by atoms with Crippen LogP contribution in [0.2, 0.25) is 0 Å². The quantitative estimate of drug-likeness (QED) is 0.738. The van der Waals surface area contributed by atoms with Gasteiger partial charge in [-0.15, -0.1) is 0 Å². The van der Waals surface area contributed by atoms with E-state index in [2.05, 4.69) is 11.9 Å². The Bertz CT molecular complexity index is 261. The summed E-state index contributed by atoms with van der Waals surface area (Å²) in [6.45, 7) is 0.821. The Morgan fingerprint density at radius 1 is 1.57 bits per heavy atom. The van der Waals surface area contributed by atoms with Crippen LogP contribution in [0.25, 0.3) is 0 Å². The fourth-order valence-electron chi connectivity index (χ4n) is 1.57. The summed E-state index contributed by atoms with van der Waals surface area (Å²) in [6.07, 6.45) is 1.85. The molecule has 1 fully saturated rings. The number of thioether (sulfide) groups is 1. The molecule has 0 aromatic heterocycles. The lowest BCUT2D eigenvalue weighted by Crippen LogP contribution is -2.33.